The van der Waals surface area contributed by atoms with Crippen molar-refractivity contribution in [2.24, 2.45) is 0 Å². The van der Waals surface area contributed by atoms with E-state index in [1.807, 2.05) is 0 Å². The molecule has 0 saturated heterocycles. The summed E-state index contributed by atoms with van der Waals surface area (Å²) in [6.07, 6.45) is -6.89. The van der Waals surface area contributed by atoms with Gasteiger partial charge >= 0.3 is 12.1 Å². The van der Waals surface area contributed by atoms with E-state index < -0.39 is 36.3 Å². The lowest BCUT2D eigenvalue weighted by Crippen LogP contribution is -2.43. The molecule has 146 valence electrons. The summed E-state index contributed by atoms with van der Waals surface area (Å²) in [6, 6.07) is 2.24. The zero-order valence-corrected chi connectivity index (χ0v) is 14.0. The zero-order valence-electron chi connectivity index (χ0n) is 14.0. The molecular weight excluding hydrogens is 374 g/mol. The molecule has 0 fully saturated rings. The third kappa shape index (κ3) is 6.04. The molecule has 0 spiro atoms. The summed E-state index contributed by atoms with van der Waals surface area (Å²) in [4.78, 5) is 26.5. The van der Waals surface area contributed by atoms with Gasteiger partial charge in [-0.2, -0.15) is 18.2 Å². The monoisotopic (exact) mass is 389 g/mol. The number of nitrogens with zero attached hydrogens (tertiary/aromatic N) is 2. The van der Waals surface area contributed by atoms with Crippen molar-refractivity contribution >= 4 is 11.9 Å². The third-order valence-electron chi connectivity index (χ3n) is 3.53. The molecule has 1 aromatic carbocycles. The van der Waals surface area contributed by atoms with Crippen LogP contribution in [0.5, 0.6) is 0 Å². The molecule has 0 saturated carbocycles. The molecule has 1 atom stereocenters. The maximum Gasteiger partial charge on any atom is 0.391 e. The van der Waals surface area contributed by atoms with Crippen LogP contribution in [0.3, 0.4) is 0 Å². The lowest BCUT2D eigenvalue weighted by Gasteiger charge is -2.15. The summed E-state index contributed by atoms with van der Waals surface area (Å²) >= 11 is 0. The topological polar surface area (TPSA) is 105 Å². The van der Waals surface area contributed by atoms with E-state index in [-0.39, 0.29) is 24.6 Å². The van der Waals surface area contributed by atoms with Crippen LogP contribution in [0.1, 0.15) is 24.3 Å². The van der Waals surface area contributed by atoms with Gasteiger partial charge in [0.25, 0.3) is 0 Å². The van der Waals surface area contributed by atoms with Crippen LogP contribution in [0.25, 0.3) is 11.4 Å². The molecule has 0 aliphatic carbocycles. The number of halogens is 4. The Labute approximate surface area is 150 Å². The number of alkyl halides is 3. The number of carbonyl (C=O) groups excluding carboxylic acids is 1. The normalized spacial score (nSPS) is 12.6. The number of aryl methyl sites for hydroxylation is 2. The van der Waals surface area contributed by atoms with E-state index in [9.17, 15) is 27.2 Å². The molecule has 1 unspecified atom stereocenters. The van der Waals surface area contributed by atoms with E-state index in [4.69, 9.17) is 9.63 Å². The number of carboxylic acids is 1. The summed E-state index contributed by atoms with van der Waals surface area (Å²) < 4.78 is 55.4. The van der Waals surface area contributed by atoms with Gasteiger partial charge in [-0.15, -0.1) is 0 Å². The molecule has 0 bridgehead atoms. The molecule has 27 heavy (non-hydrogen) atoms. The number of carboxylic acid groups (broad SMARTS) is 1. The summed E-state index contributed by atoms with van der Waals surface area (Å²) in [5.74, 6) is -3.06. The maximum atomic E-state index is 13.6. The molecule has 2 N–H and O–H groups in total. The molecule has 0 aliphatic heterocycles. The number of hydrogen-bond donors (Lipinski definition) is 2. The third-order valence-corrected chi connectivity index (χ3v) is 3.53. The predicted molar refractivity (Wildman–Crippen MR) is 83.0 cm³/mol. The smallest absolute Gasteiger partial charge is 0.391 e. The second kappa shape index (κ2) is 8.14. The first-order valence-corrected chi connectivity index (χ1v) is 7.73. The first kappa shape index (κ1) is 20.3. The number of hydrogen-bond acceptors (Lipinski definition) is 5. The van der Waals surface area contributed by atoms with E-state index in [2.05, 4.69) is 10.1 Å². The van der Waals surface area contributed by atoms with Gasteiger partial charge in [-0.3, -0.25) is 4.79 Å². The van der Waals surface area contributed by atoms with Crippen LogP contribution in [-0.2, 0) is 16.0 Å². The summed E-state index contributed by atoms with van der Waals surface area (Å²) in [6.45, 7) is 1.59. The first-order chi connectivity index (χ1) is 12.5. The van der Waals surface area contributed by atoms with Gasteiger partial charge in [-0.05, 0) is 18.6 Å². The Bertz CT molecular complexity index is 835. The van der Waals surface area contributed by atoms with Crippen molar-refractivity contribution < 1.29 is 36.8 Å². The lowest BCUT2D eigenvalue weighted by atomic mass is 10.1. The average Bonchev–Trinajstić information content (AvgIpc) is 3.02. The van der Waals surface area contributed by atoms with Crippen LogP contribution in [0.15, 0.2) is 22.7 Å². The van der Waals surface area contributed by atoms with Gasteiger partial charge < -0.3 is 14.9 Å². The van der Waals surface area contributed by atoms with Gasteiger partial charge in [0.15, 0.2) is 0 Å². The Balaban J connectivity index is 1.94. The molecule has 2 rings (SSSR count). The van der Waals surface area contributed by atoms with Crippen molar-refractivity contribution in [2.45, 2.75) is 38.4 Å². The maximum absolute atomic E-state index is 13.6. The Hall–Kier alpha value is -2.98. The van der Waals surface area contributed by atoms with Crippen molar-refractivity contribution in [1.29, 1.82) is 0 Å². The Kier molecular flexibility index (Phi) is 6.13. The van der Waals surface area contributed by atoms with Crippen LogP contribution < -0.4 is 5.32 Å². The van der Waals surface area contributed by atoms with E-state index in [1.165, 1.54) is 12.1 Å². The second-order valence-corrected chi connectivity index (χ2v) is 5.75. The Morgan fingerprint density at radius 3 is 2.63 bits per heavy atom. The summed E-state index contributed by atoms with van der Waals surface area (Å²) in [7, 11) is 0. The molecule has 1 heterocycles. The molecule has 0 aliphatic rings. The fourth-order valence-corrected chi connectivity index (χ4v) is 2.12. The molecule has 11 heteroatoms. The van der Waals surface area contributed by atoms with Crippen molar-refractivity contribution in [3.05, 3.63) is 35.5 Å². The first-order valence-electron chi connectivity index (χ1n) is 7.73. The standard InChI is InChI=1S/C16H15F4N3O4/c1-8-2-3-9(6-10(8)17)14-22-13(27-23-14)5-4-12(24)21-11(15(25)26)7-16(18,19)20/h2-3,6,11H,4-5,7H2,1H3,(H,21,24)(H,25,26). The van der Waals surface area contributed by atoms with Crippen LogP contribution >= 0.6 is 0 Å². The highest BCUT2D eigenvalue weighted by molar-refractivity contribution is 5.83. The van der Waals surface area contributed by atoms with Gasteiger partial charge in [0.2, 0.25) is 17.6 Å². The van der Waals surface area contributed by atoms with Crippen LogP contribution in [0, 0.1) is 12.7 Å². The van der Waals surface area contributed by atoms with Crippen LogP contribution in [-0.4, -0.2) is 39.3 Å². The molecular formula is C16H15F4N3O4. The number of aliphatic carboxylic acids is 1. The predicted octanol–water partition coefficient (Wildman–Crippen LogP) is 2.64. The van der Waals surface area contributed by atoms with Crippen LogP contribution in [0.4, 0.5) is 17.6 Å². The second-order valence-electron chi connectivity index (χ2n) is 5.75. The van der Waals surface area contributed by atoms with Gasteiger partial charge in [0.05, 0.1) is 6.42 Å². The molecule has 1 amide bonds. The van der Waals surface area contributed by atoms with Gasteiger partial charge in [0.1, 0.15) is 11.9 Å². The van der Waals surface area contributed by atoms with E-state index in [0.717, 1.165) is 0 Å². The summed E-state index contributed by atoms with van der Waals surface area (Å²) in [5, 5.41) is 14.2. The Morgan fingerprint density at radius 2 is 2.04 bits per heavy atom. The van der Waals surface area contributed by atoms with Crippen LogP contribution in [0.2, 0.25) is 0 Å². The van der Waals surface area contributed by atoms with E-state index in [0.29, 0.717) is 11.1 Å². The number of rotatable bonds is 7. The fraction of sp³-hybridized carbons (Fsp3) is 0.375. The highest BCUT2D eigenvalue weighted by Crippen LogP contribution is 2.22. The van der Waals surface area contributed by atoms with Crippen molar-refractivity contribution in [2.75, 3.05) is 0 Å². The SMILES string of the molecule is Cc1ccc(-c2noc(CCC(=O)NC(CC(F)(F)F)C(=O)O)n2)cc1F. The number of benzene rings is 1. The average molecular weight is 389 g/mol. The van der Waals surface area contributed by atoms with E-state index >= 15 is 0 Å². The van der Waals surface area contributed by atoms with Crippen molar-refractivity contribution in [3.8, 4) is 11.4 Å². The number of carbonyl (C=O) groups is 2. The van der Waals surface area contributed by atoms with Crippen molar-refractivity contribution in [1.82, 2.24) is 15.5 Å². The number of nitrogens with one attached hydrogen (secondary N) is 1. The lowest BCUT2D eigenvalue weighted by molar-refractivity contribution is -0.160. The summed E-state index contributed by atoms with van der Waals surface area (Å²) in [5.41, 5.74) is 0.791. The van der Waals surface area contributed by atoms with Gasteiger partial charge in [-0.25, -0.2) is 9.18 Å². The largest absolute Gasteiger partial charge is 0.480 e. The Morgan fingerprint density at radius 1 is 1.33 bits per heavy atom. The quantitative estimate of drug-likeness (QED) is 0.706. The van der Waals surface area contributed by atoms with Crippen molar-refractivity contribution in [3.63, 3.8) is 0 Å². The molecule has 7 nitrogen and oxygen atoms in total. The minimum absolute atomic E-state index is 0.00355. The van der Waals surface area contributed by atoms with Gasteiger partial charge in [0, 0.05) is 18.4 Å². The molecule has 1 aromatic heterocycles. The number of amides is 1. The molecule has 0 radical (unpaired) electrons. The minimum Gasteiger partial charge on any atom is -0.480 e. The van der Waals surface area contributed by atoms with Gasteiger partial charge in [-0.1, -0.05) is 17.3 Å². The highest BCUT2D eigenvalue weighted by Gasteiger charge is 2.36. The zero-order chi connectivity index (χ0) is 20.2. The minimum atomic E-state index is -4.74. The van der Waals surface area contributed by atoms with E-state index in [1.54, 1.807) is 18.3 Å². The molecule has 2 aromatic rings. The fourth-order valence-electron chi connectivity index (χ4n) is 2.12. The highest BCUT2D eigenvalue weighted by atomic mass is 19.4. The number of aromatic nitrogens is 2.